The second-order valence-corrected chi connectivity index (χ2v) is 21.7. The summed E-state index contributed by atoms with van der Waals surface area (Å²) in [5, 5.41) is 23.3. The van der Waals surface area contributed by atoms with Crippen LogP contribution >= 0.6 is 0 Å². The molecule has 2 unspecified atom stereocenters. The largest absolute Gasteiger partial charge is 0.466 e. The number of unbranched alkanes of at least 4 members (excludes halogenated alkanes) is 42. The van der Waals surface area contributed by atoms with E-state index in [1.54, 1.807) is 0 Å². The summed E-state index contributed by atoms with van der Waals surface area (Å²) in [6.45, 7) is 4.94. The number of hydrogen-bond acceptors (Lipinski definition) is 5. The molecule has 0 spiro atoms. The third-order valence-corrected chi connectivity index (χ3v) is 14.7. The predicted molar refractivity (Wildman–Crippen MR) is 310 cm³/mol. The summed E-state index contributed by atoms with van der Waals surface area (Å²) in [5.41, 5.74) is 0. The predicted octanol–water partition coefficient (Wildman–Crippen LogP) is 20.0. The number of rotatable bonds is 59. The first kappa shape index (κ1) is 69.1. The van der Waals surface area contributed by atoms with Crippen molar-refractivity contribution in [2.75, 3.05) is 13.2 Å². The zero-order valence-corrected chi connectivity index (χ0v) is 47.7. The fourth-order valence-corrected chi connectivity index (χ4v) is 9.78. The van der Waals surface area contributed by atoms with Crippen LogP contribution in [-0.4, -0.2) is 47.4 Å². The van der Waals surface area contributed by atoms with Gasteiger partial charge in [0.05, 0.1) is 25.4 Å². The monoisotopic (exact) mass is 998 g/mol. The van der Waals surface area contributed by atoms with Crippen LogP contribution in [0.4, 0.5) is 0 Å². The van der Waals surface area contributed by atoms with E-state index in [1.165, 1.54) is 257 Å². The van der Waals surface area contributed by atoms with E-state index in [0.717, 1.165) is 51.4 Å². The van der Waals surface area contributed by atoms with Crippen molar-refractivity contribution in [2.24, 2.45) is 0 Å². The molecule has 2 atom stereocenters. The quantitative estimate of drug-likeness (QED) is 0.0321. The lowest BCUT2D eigenvalue weighted by atomic mass is 10.0. The summed E-state index contributed by atoms with van der Waals surface area (Å²) in [5.74, 6) is -0.0459. The minimum atomic E-state index is -0.671. The molecule has 0 rings (SSSR count). The Morgan fingerprint density at radius 3 is 1.10 bits per heavy atom. The number of allylic oxidation sites excluding steroid dienone is 6. The number of carbonyl (C=O) groups excluding carboxylic acids is 2. The average molecular weight is 999 g/mol. The van der Waals surface area contributed by atoms with Gasteiger partial charge < -0.3 is 20.3 Å². The number of esters is 1. The Balaban J connectivity index is 3.44. The number of aliphatic hydroxyl groups is 2. The van der Waals surface area contributed by atoms with Crippen molar-refractivity contribution in [3.8, 4) is 0 Å². The van der Waals surface area contributed by atoms with Gasteiger partial charge in [-0.2, -0.15) is 0 Å². The molecule has 0 bridgehead atoms. The van der Waals surface area contributed by atoms with E-state index in [2.05, 4.69) is 55.6 Å². The fraction of sp³-hybridized carbons (Fsp3) is 0.877. The zero-order valence-electron chi connectivity index (χ0n) is 47.7. The molecule has 0 aromatic heterocycles. The Morgan fingerprint density at radius 1 is 0.394 bits per heavy atom. The van der Waals surface area contributed by atoms with Crippen LogP contribution in [0.1, 0.15) is 341 Å². The second-order valence-electron chi connectivity index (χ2n) is 21.7. The van der Waals surface area contributed by atoms with Crippen LogP contribution in [0.15, 0.2) is 36.5 Å². The maximum Gasteiger partial charge on any atom is 0.305 e. The van der Waals surface area contributed by atoms with Crippen LogP contribution in [-0.2, 0) is 14.3 Å². The Bertz CT molecular complexity index is 1150. The van der Waals surface area contributed by atoms with Gasteiger partial charge >= 0.3 is 5.97 Å². The highest BCUT2D eigenvalue weighted by atomic mass is 16.5. The number of carbonyl (C=O) groups is 2. The Hall–Kier alpha value is -1.92. The van der Waals surface area contributed by atoms with Crippen LogP contribution in [0.5, 0.6) is 0 Å². The van der Waals surface area contributed by atoms with Gasteiger partial charge in [0.1, 0.15) is 0 Å². The van der Waals surface area contributed by atoms with Crippen LogP contribution in [0.2, 0.25) is 0 Å². The third-order valence-electron chi connectivity index (χ3n) is 14.7. The van der Waals surface area contributed by atoms with Crippen molar-refractivity contribution in [3.63, 3.8) is 0 Å². The Kier molecular flexibility index (Phi) is 59.0. The van der Waals surface area contributed by atoms with Crippen LogP contribution in [0.3, 0.4) is 0 Å². The van der Waals surface area contributed by atoms with E-state index >= 15 is 0 Å². The molecule has 418 valence electrons. The van der Waals surface area contributed by atoms with E-state index in [1.807, 2.05) is 0 Å². The molecule has 0 radical (unpaired) electrons. The lowest BCUT2D eigenvalue weighted by Gasteiger charge is -2.22. The average Bonchev–Trinajstić information content (AvgIpc) is 3.37. The molecule has 1 amide bonds. The smallest absolute Gasteiger partial charge is 0.305 e. The Morgan fingerprint density at radius 2 is 0.704 bits per heavy atom. The molecule has 0 aliphatic heterocycles. The van der Waals surface area contributed by atoms with E-state index in [4.69, 9.17) is 4.74 Å². The molecule has 6 heteroatoms. The summed E-state index contributed by atoms with van der Waals surface area (Å²) >= 11 is 0. The van der Waals surface area contributed by atoms with Crippen LogP contribution < -0.4 is 5.32 Å². The van der Waals surface area contributed by atoms with Crippen molar-refractivity contribution >= 4 is 11.9 Å². The molecule has 0 aromatic carbocycles. The highest BCUT2D eigenvalue weighted by molar-refractivity contribution is 5.76. The van der Waals surface area contributed by atoms with Gasteiger partial charge in [0.25, 0.3) is 0 Å². The molecule has 0 aliphatic carbocycles. The van der Waals surface area contributed by atoms with Crippen LogP contribution in [0.25, 0.3) is 0 Å². The van der Waals surface area contributed by atoms with Gasteiger partial charge in [0.15, 0.2) is 0 Å². The number of amides is 1. The normalized spacial score (nSPS) is 12.8. The van der Waals surface area contributed by atoms with Gasteiger partial charge in [-0.3, -0.25) is 9.59 Å². The summed E-state index contributed by atoms with van der Waals surface area (Å²) in [6, 6.07) is -0.550. The Labute approximate surface area is 443 Å². The van der Waals surface area contributed by atoms with Gasteiger partial charge in [-0.05, 0) is 83.5 Å². The minimum Gasteiger partial charge on any atom is -0.466 e. The molecule has 3 N–H and O–H groups in total. The van der Waals surface area contributed by atoms with Crippen molar-refractivity contribution in [3.05, 3.63) is 36.5 Å². The van der Waals surface area contributed by atoms with E-state index < -0.39 is 12.1 Å². The fourth-order valence-electron chi connectivity index (χ4n) is 9.78. The first-order valence-electron chi connectivity index (χ1n) is 31.7. The van der Waals surface area contributed by atoms with Gasteiger partial charge in [0.2, 0.25) is 5.91 Å². The summed E-state index contributed by atoms with van der Waals surface area (Å²) in [6.07, 6.45) is 75.8. The number of hydrogen-bond donors (Lipinski definition) is 3. The lowest BCUT2D eigenvalue weighted by molar-refractivity contribution is -0.143. The van der Waals surface area contributed by atoms with Crippen molar-refractivity contribution in [2.45, 2.75) is 353 Å². The molecule has 0 saturated heterocycles. The molecular weight excluding hydrogens is 875 g/mol. The minimum absolute atomic E-state index is 0.00305. The molecule has 0 saturated carbocycles. The molecule has 0 fully saturated rings. The SMILES string of the molecule is CCCCCC/C=C\C/C=C\CCCCCCCCCC(=O)OCCCCCCCCCC/C=C\CCCCCCCCCC(=O)NC(CO)C(O)CCCCCCCCCCCCCCCCCCC. The molecule has 0 heterocycles. The standard InChI is InChI=1S/C65H123NO5/c1-3-5-7-9-11-13-15-17-19-21-27-31-35-39-43-47-51-55-59-65(70)71-60-56-52-48-44-40-36-32-28-24-22-23-26-30-34-38-42-46-50-54-58-64(69)66-62(61-67)63(68)57-53-49-45-41-37-33-29-25-20-18-16-14-12-10-8-6-4-2/h13,15,19,21-23,62-63,67-68H,3-12,14,16-18,20,24-61H2,1-2H3,(H,66,69)/b15-13-,21-19-,23-22-. The van der Waals surface area contributed by atoms with Gasteiger partial charge in [0, 0.05) is 12.8 Å². The summed E-state index contributed by atoms with van der Waals surface area (Å²) < 4.78 is 5.49. The number of aliphatic hydroxyl groups excluding tert-OH is 2. The number of ether oxygens (including phenoxy) is 1. The maximum absolute atomic E-state index is 12.5. The summed E-state index contributed by atoms with van der Waals surface area (Å²) in [4.78, 5) is 24.6. The summed E-state index contributed by atoms with van der Waals surface area (Å²) in [7, 11) is 0. The van der Waals surface area contributed by atoms with Crippen molar-refractivity contribution in [1.82, 2.24) is 5.32 Å². The highest BCUT2D eigenvalue weighted by Crippen LogP contribution is 2.17. The molecule has 0 aliphatic rings. The van der Waals surface area contributed by atoms with Gasteiger partial charge in [-0.1, -0.05) is 281 Å². The molecule has 6 nitrogen and oxygen atoms in total. The third kappa shape index (κ3) is 57.2. The van der Waals surface area contributed by atoms with Crippen molar-refractivity contribution < 1.29 is 24.5 Å². The molecule has 71 heavy (non-hydrogen) atoms. The molecule has 0 aromatic rings. The van der Waals surface area contributed by atoms with E-state index in [9.17, 15) is 19.8 Å². The number of nitrogens with one attached hydrogen (secondary N) is 1. The first-order valence-corrected chi connectivity index (χ1v) is 31.7. The van der Waals surface area contributed by atoms with Crippen LogP contribution in [0, 0.1) is 0 Å². The van der Waals surface area contributed by atoms with E-state index in [-0.39, 0.29) is 18.5 Å². The van der Waals surface area contributed by atoms with Gasteiger partial charge in [-0.15, -0.1) is 0 Å². The topological polar surface area (TPSA) is 95.9 Å². The lowest BCUT2D eigenvalue weighted by Crippen LogP contribution is -2.45. The second kappa shape index (κ2) is 60.6. The van der Waals surface area contributed by atoms with Gasteiger partial charge in [-0.25, -0.2) is 0 Å². The zero-order chi connectivity index (χ0) is 51.4. The maximum atomic E-state index is 12.5. The first-order chi connectivity index (χ1) is 35.0. The van der Waals surface area contributed by atoms with E-state index in [0.29, 0.717) is 25.9 Å². The van der Waals surface area contributed by atoms with Crippen molar-refractivity contribution in [1.29, 1.82) is 0 Å². The highest BCUT2D eigenvalue weighted by Gasteiger charge is 2.20. The molecular formula is C65H123NO5.